The number of hydrogen-bond acceptors (Lipinski definition) is 6. The van der Waals surface area contributed by atoms with Gasteiger partial charge in [-0.2, -0.15) is 4.98 Å². The maximum Gasteiger partial charge on any atom is 0.298 e. The number of carbonyl (C=O) groups excluding carboxylic acids is 1. The topological polar surface area (TPSA) is 75.4 Å². The van der Waals surface area contributed by atoms with Crippen LogP contribution in [0.5, 0.6) is 0 Å². The second kappa shape index (κ2) is 6.68. The van der Waals surface area contributed by atoms with E-state index >= 15 is 0 Å². The fraction of sp³-hybridized carbons (Fsp3) is 0.294. The average Bonchev–Trinajstić information content (AvgIpc) is 2.89. The number of aromatic nitrogens is 3. The van der Waals surface area contributed by atoms with Crippen molar-refractivity contribution in [2.24, 2.45) is 0 Å². The van der Waals surface area contributed by atoms with Crippen LogP contribution in [0.1, 0.15) is 16.9 Å². The van der Waals surface area contributed by atoms with Gasteiger partial charge in [0.05, 0.1) is 0 Å². The van der Waals surface area contributed by atoms with Crippen LogP contribution in [-0.4, -0.2) is 51.9 Å². The monoisotopic (exact) mass is 357 g/mol. The number of nitrogens with zero attached hydrogens (tertiary/aromatic N) is 5. The summed E-state index contributed by atoms with van der Waals surface area (Å²) in [5, 5.41) is 0.618. The van der Waals surface area contributed by atoms with Crippen molar-refractivity contribution in [3.05, 3.63) is 47.5 Å². The molecule has 1 fully saturated rings. The highest BCUT2D eigenvalue weighted by Crippen LogP contribution is 2.25. The van der Waals surface area contributed by atoms with E-state index in [1.807, 2.05) is 11.0 Å². The third-order valence-corrected chi connectivity index (χ3v) is 4.43. The van der Waals surface area contributed by atoms with E-state index in [-0.39, 0.29) is 5.91 Å². The zero-order chi connectivity index (χ0) is 17.2. The highest BCUT2D eigenvalue weighted by atomic mass is 35.5. The summed E-state index contributed by atoms with van der Waals surface area (Å²) in [6.07, 6.45) is 3.80. The molecule has 3 aromatic rings. The van der Waals surface area contributed by atoms with E-state index in [2.05, 4.69) is 19.9 Å². The Morgan fingerprint density at radius 1 is 1.16 bits per heavy atom. The zero-order valence-electron chi connectivity index (χ0n) is 13.4. The van der Waals surface area contributed by atoms with E-state index in [1.165, 1.54) is 6.33 Å². The SMILES string of the molecule is O=C(c1ccncn1)N1CCCN(c2nc3ccc(Cl)cc3o2)CC1. The predicted octanol–water partition coefficient (Wildman–Crippen LogP) is 2.62. The fourth-order valence-corrected chi connectivity index (χ4v) is 3.07. The molecular formula is C17H16ClN5O2. The van der Waals surface area contributed by atoms with Crippen LogP contribution < -0.4 is 4.90 Å². The quantitative estimate of drug-likeness (QED) is 0.701. The van der Waals surface area contributed by atoms with Crippen molar-refractivity contribution < 1.29 is 9.21 Å². The fourth-order valence-electron chi connectivity index (χ4n) is 2.91. The molecule has 4 rings (SSSR count). The lowest BCUT2D eigenvalue weighted by Crippen LogP contribution is -2.35. The van der Waals surface area contributed by atoms with Crippen LogP contribution in [0, 0.1) is 0 Å². The number of amides is 1. The lowest BCUT2D eigenvalue weighted by atomic mass is 10.3. The van der Waals surface area contributed by atoms with Crippen LogP contribution in [0.25, 0.3) is 11.1 Å². The molecule has 0 bridgehead atoms. The number of anilines is 1. The van der Waals surface area contributed by atoms with Gasteiger partial charge in [-0.15, -0.1) is 0 Å². The molecule has 0 spiro atoms. The van der Waals surface area contributed by atoms with Gasteiger partial charge in [0.25, 0.3) is 11.9 Å². The van der Waals surface area contributed by atoms with E-state index in [0.29, 0.717) is 41.9 Å². The van der Waals surface area contributed by atoms with Gasteiger partial charge in [-0.05, 0) is 24.6 Å². The molecule has 0 radical (unpaired) electrons. The van der Waals surface area contributed by atoms with Gasteiger partial charge < -0.3 is 14.2 Å². The van der Waals surface area contributed by atoms with Crippen LogP contribution >= 0.6 is 11.6 Å². The highest BCUT2D eigenvalue weighted by Gasteiger charge is 2.23. The second-order valence-electron chi connectivity index (χ2n) is 5.84. The lowest BCUT2D eigenvalue weighted by molar-refractivity contribution is 0.0761. The maximum absolute atomic E-state index is 12.5. The molecule has 1 saturated heterocycles. The smallest absolute Gasteiger partial charge is 0.298 e. The third-order valence-electron chi connectivity index (χ3n) is 4.19. The van der Waals surface area contributed by atoms with Gasteiger partial charge in [0.2, 0.25) is 0 Å². The molecule has 1 aliphatic rings. The molecule has 128 valence electrons. The number of fused-ring (bicyclic) bond motifs is 1. The van der Waals surface area contributed by atoms with Crippen molar-refractivity contribution in [1.82, 2.24) is 19.9 Å². The molecule has 2 aromatic heterocycles. The van der Waals surface area contributed by atoms with E-state index in [4.69, 9.17) is 16.0 Å². The number of rotatable bonds is 2. The van der Waals surface area contributed by atoms with Crippen LogP contribution in [0.2, 0.25) is 5.02 Å². The molecule has 1 amide bonds. The molecule has 8 heteroatoms. The summed E-state index contributed by atoms with van der Waals surface area (Å²) >= 11 is 6.00. The summed E-state index contributed by atoms with van der Waals surface area (Å²) in [6.45, 7) is 2.68. The predicted molar refractivity (Wildman–Crippen MR) is 93.8 cm³/mol. The van der Waals surface area contributed by atoms with Crippen molar-refractivity contribution in [2.75, 3.05) is 31.1 Å². The number of benzene rings is 1. The summed E-state index contributed by atoms with van der Waals surface area (Å²) in [6, 6.07) is 7.59. The van der Waals surface area contributed by atoms with Gasteiger partial charge in [-0.3, -0.25) is 4.79 Å². The first kappa shape index (κ1) is 15.8. The molecule has 1 aromatic carbocycles. The largest absolute Gasteiger partial charge is 0.423 e. The Labute approximate surface area is 149 Å². The van der Waals surface area contributed by atoms with E-state index in [1.54, 1.807) is 24.4 Å². The second-order valence-corrected chi connectivity index (χ2v) is 6.27. The average molecular weight is 358 g/mol. The molecule has 0 N–H and O–H groups in total. The number of halogens is 1. The van der Waals surface area contributed by atoms with Crippen molar-refractivity contribution in [2.45, 2.75) is 6.42 Å². The standard InChI is InChI=1S/C17H16ClN5O2/c18-12-2-3-13-15(10-12)25-17(21-13)23-7-1-6-22(8-9-23)16(24)14-4-5-19-11-20-14/h2-5,10-11H,1,6-9H2. The van der Waals surface area contributed by atoms with Crippen LogP contribution in [0.15, 0.2) is 41.2 Å². The lowest BCUT2D eigenvalue weighted by Gasteiger charge is -2.20. The van der Waals surface area contributed by atoms with Crippen LogP contribution in [-0.2, 0) is 0 Å². The Morgan fingerprint density at radius 3 is 2.92 bits per heavy atom. The Hall–Kier alpha value is -2.67. The number of carbonyl (C=O) groups is 1. The molecule has 1 aliphatic heterocycles. The number of hydrogen-bond donors (Lipinski definition) is 0. The molecule has 0 atom stereocenters. The summed E-state index contributed by atoms with van der Waals surface area (Å²) in [7, 11) is 0. The van der Waals surface area contributed by atoms with Gasteiger partial charge in [-0.1, -0.05) is 11.6 Å². The summed E-state index contributed by atoms with van der Waals surface area (Å²) in [5.74, 6) is -0.0754. The van der Waals surface area contributed by atoms with Gasteiger partial charge in [-0.25, -0.2) is 9.97 Å². The minimum Gasteiger partial charge on any atom is -0.423 e. The first-order valence-corrected chi connectivity index (χ1v) is 8.45. The minimum absolute atomic E-state index is 0.0754. The normalized spacial score (nSPS) is 15.4. The Kier molecular flexibility index (Phi) is 4.23. The zero-order valence-corrected chi connectivity index (χ0v) is 14.2. The Bertz CT molecular complexity index is 898. The first-order chi connectivity index (χ1) is 12.2. The van der Waals surface area contributed by atoms with Gasteiger partial charge in [0.1, 0.15) is 17.5 Å². The van der Waals surface area contributed by atoms with E-state index in [0.717, 1.165) is 18.5 Å². The maximum atomic E-state index is 12.5. The van der Waals surface area contributed by atoms with E-state index in [9.17, 15) is 4.79 Å². The summed E-state index contributed by atoms with van der Waals surface area (Å²) in [4.78, 5) is 28.8. The minimum atomic E-state index is -0.0754. The highest BCUT2D eigenvalue weighted by molar-refractivity contribution is 6.31. The van der Waals surface area contributed by atoms with Crippen molar-refractivity contribution in [3.8, 4) is 0 Å². The molecule has 0 saturated carbocycles. The summed E-state index contributed by atoms with van der Waals surface area (Å²) < 4.78 is 5.83. The molecular weight excluding hydrogens is 342 g/mol. The van der Waals surface area contributed by atoms with Crippen LogP contribution in [0.4, 0.5) is 6.01 Å². The molecule has 7 nitrogen and oxygen atoms in total. The molecule has 0 aliphatic carbocycles. The Balaban J connectivity index is 1.49. The first-order valence-electron chi connectivity index (χ1n) is 8.07. The molecule has 0 unspecified atom stereocenters. The number of oxazole rings is 1. The van der Waals surface area contributed by atoms with Gasteiger partial charge in [0, 0.05) is 43.5 Å². The van der Waals surface area contributed by atoms with Crippen molar-refractivity contribution in [3.63, 3.8) is 0 Å². The summed E-state index contributed by atoms with van der Waals surface area (Å²) in [5.41, 5.74) is 1.86. The van der Waals surface area contributed by atoms with E-state index < -0.39 is 0 Å². The molecule has 3 heterocycles. The third kappa shape index (κ3) is 3.28. The van der Waals surface area contributed by atoms with Crippen LogP contribution in [0.3, 0.4) is 0 Å². The molecule has 25 heavy (non-hydrogen) atoms. The van der Waals surface area contributed by atoms with Crippen molar-refractivity contribution in [1.29, 1.82) is 0 Å². The van der Waals surface area contributed by atoms with Gasteiger partial charge >= 0.3 is 0 Å². The van der Waals surface area contributed by atoms with Crippen molar-refractivity contribution >= 4 is 34.6 Å². The van der Waals surface area contributed by atoms with Gasteiger partial charge in [0.15, 0.2) is 5.58 Å². The Morgan fingerprint density at radius 2 is 2.08 bits per heavy atom.